The summed E-state index contributed by atoms with van der Waals surface area (Å²) < 4.78 is 0. The van der Waals surface area contributed by atoms with Gasteiger partial charge in [-0.05, 0) is 18.6 Å². The highest BCUT2D eigenvalue weighted by atomic mass is 16.1. The second kappa shape index (κ2) is 4.21. The molecule has 1 N–H and O–H groups in total. The Labute approximate surface area is 76.2 Å². The number of anilines is 1. The molecule has 0 aromatic carbocycles. The Bertz CT molecular complexity index is 337. The maximum atomic E-state index is 10.9. The average molecular weight is 175 g/mol. The number of amides is 1. The average Bonchev–Trinajstić information content (AvgIpc) is 2.09. The molecule has 1 rings (SSSR count). The van der Waals surface area contributed by atoms with E-state index in [0.717, 1.165) is 5.56 Å². The molecule has 1 aromatic rings. The van der Waals surface area contributed by atoms with Gasteiger partial charge in [0.15, 0.2) is 0 Å². The molecule has 13 heavy (non-hydrogen) atoms. The number of hydrogen-bond donors (Lipinski definition) is 1. The third-order valence-electron chi connectivity index (χ3n) is 1.42. The topological polar surface area (TPSA) is 65.8 Å². The van der Waals surface area contributed by atoms with Crippen LogP contribution >= 0.6 is 0 Å². The lowest BCUT2D eigenvalue weighted by Gasteiger charge is -2.00. The number of carbonyl (C=O) groups excluding carboxylic acids is 1. The van der Waals surface area contributed by atoms with Gasteiger partial charge in [-0.2, -0.15) is 5.26 Å². The first kappa shape index (κ1) is 9.20. The van der Waals surface area contributed by atoms with E-state index in [9.17, 15) is 4.79 Å². The molecule has 1 heterocycles. The van der Waals surface area contributed by atoms with Gasteiger partial charge in [-0.25, -0.2) is 4.98 Å². The first-order valence-corrected chi connectivity index (χ1v) is 3.82. The van der Waals surface area contributed by atoms with Gasteiger partial charge in [0, 0.05) is 6.20 Å². The Balaban J connectivity index is 2.60. The molecule has 1 amide bonds. The molecule has 0 spiro atoms. The zero-order valence-corrected chi connectivity index (χ0v) is 7.24. The van der Waals surface area contributed by atoms with E-state index in [4.69, 9.17) is 5.26 Å². The number of pyridine rings is 1. The summed E-state index contributed by atoms with van der Waals surface area (Å²) in [6, 6.07) is 5.30. The van der Waals surface area contributed by atoms with Crippen LogP contribution in [0.5, 0.6) is 0 Å². The SMILES string of the molecule is Cc1ccc(NC(=O)CC#N)nc1. The number of hydrogen-bond acceptors (Lipinski definition) is 3. The molecule has 0 atom stereocenters. The van der Waals surface area contributed by atoms with Crippen LogP contribution in [0.15, 0.2) is 18.3 Å². The first-order valence-electron chi connectivity index (χ1n) is 3.82. The van der Waals surface area contributed by atoms with E-state index >= 15 is 0 Å². The van der Waals surface area contributed by atoms with Gasteiger partial charge >= 0.3 is 0 Å². The van der Waals surface area contributed by atoms with Crippen LogP contribution in [0.2, 0.25) is 0 Å². The van der Waals surface area contributed by atoms with Crippen molar-refractivity contribution in [1.82, 2.24) is 4.98 Å². The second-order valence-electron chi connectivity index (χ2n) is 2.60. The Hall–Kier alpha value is -1.89. The second-order valence-corrected chi connectivity index (χ2v) is 2.60. The molecule has 1 aromatic heterocycles. The molecule has 0 aliphatic rings. The fraction of sp³-hybridized carbons (Fsp3) is 0.222. The van der Waals surface area contributed by atoms with Crippen molar-refractivity contribution in [2.75, 3.05) is 5.32 Å². The van der Waals surface area contributed by atoms with Gasteiger partial charge in [-0.3, -0.25) is 4.79 Å². The van der Waals surface area contributed by atoms with E-state index in [1.807, 2.05) is 13.0 Å². The van der Waals surface area contributed by atoms with Gasteiger partial charge in [-0.1, -0.05) is 6.07 Å². The molecule has 0 saturated heterocycles. The van der Waals surface area contributed by atoms with Crippen LogP contribution in [-0.2, 0) is 4.79 Å². The van der Waals surface area contributed by atoms with Crippen molar-refractivity contribution in [2.24, 2.45) is 0 Å². The molecule has 0 radical (unpaired) electrons. The number of aryl methyl sites for hydroxylation is 1. The third-order valence-corrected chi connectivity index (χ3v) is 1.42. The van der Waals surface area contributed by atoms with E-state index in [1.54, 1.807) is 18.3 Å². The molecule has 0 saturated carbocycles. The lowest BCUT2D eigenvalue weighted by atomic mass is 10.3. The van der Waals surface area contributed by atoms with Crippen LogP contribution in [-0.4, -0.2) is 10.9 Å². The summed E-state index contributed by atoms with van der Waals surface area (Å²) in [6.45, 7) is 1.91. The van der Waals surface area contributed by atoms with Gasteiger partial charge in [0.05, 0.1) is 6.07 Å². The van der Waals surface area contributed by atoms with E-state index in [-0.39, 0.29) is 12.3 Å². The Morgan fingerprint density at radius 2 is 2.46 bits per heavy atom. The maximum absolute atomic E-state index is 10.9. The highest BCUT2D eigenvalue weighted by molar-refractivity contribution is 5.91. The molecule has 4 heteroatoms. The summed E-state index contributed by atoms with van der Waals surface area (Å²) in [5, 5.41) is 10.7. The summed E-state index contributed by atoms with van der Waals surface area (Å²) in [6.07, 6.45) is 1.51. The lowest BCUT2D eigenvalue weighted by molar-refractivity contribution is -0.115. The van der Waals surface area contributed by atoms with E-state index in [2.05, 4.69) is 10.3 Å². The summed E-state index contributed by atoms with van der Waals surface area (Å²) in [7, 11) is 0. The van der Waals surface area contributed by atoms with Crippen molar-refractivity contribution < 1.29 is 4.79 Å². The normalized spacial score (nSPS) is 8.92. The molecule has 0 aliphatic carbocycles. The zero-order valence-electron chi connectivity index (χ0n) is 7.24. The molecule has 4 nitrogen and oxygen atoms in total. The molecule has 0 unspecified atom stereocenters. The minimum Gasteiger partial charge on any atom is -0.310 e. The van der Waals surface area contributed by atoms with Crippen molar-refractivity contribution in [3.8, 4) is 6.07 Å². The molecular weight excluding hydrogens is 166 g/mol. The van der Waals surface area contributed by atoms with Gasteiger partial charge in [0.1, 0.15) is 12.2 Å². The molecular formula is C9H9N3O. The zero-order chi connectivity index (χ0) is 9.68. The highest BCUT2D eigenvalue weighted by Gasteiger charge is 2.00. The lowest BCUT2D eigenvalue weighted by Crippen LogP contribution is -2.11. The summed E-state index contributed by atoms with van der Waals surface area (Å²) >= 11 is 0. The molecule has 0 fully saturated rings. The van der Waals surface area contributed by atoms with E-state index < -0.39 is 0 Å². The van der Waals surface area contributed by atoms with Crippen molar-refractivity contribution in [1.29, 1.82) is 5.26 Å². The van der Waals surface area contributed by atoms with Crippen LogP contribution in [0.25, 0.3) is 0 Å². The van der Waals surface area contributed by atoms with E-state index in [1.165, 1.54) is 0 Å². The minimum atomic E-state index is -0.334. The van der Waals surface area contributed by atoms with Crippen LogP contribution in [0.4, 0.5) is 5.82 Å². The van der Waals surface area contributed by atoms with Crippen molar-refractivity contribution in [3.63, 3.8) is 0 Å². The summed E-state index contributed by atoms with van der Waals surface area (Å²) in [5.74, 6) is 0.143. The number of nitrogens with zero attached hydrogens (tertiary/aromatic N) is 2. The summed E-state index contributed by atoms with van der Waals surface area (Å²) in [4.78, 5) is 14.9. The Morgan fingerprint density at radius 1 is 1.69 bits per heavy atom. The van der Waals surface area contributed by atoms with Gasteiger partial charge in [0.2, 0.25) is 5.91 Å². The van der Waals surface area contributed by atoms with Crippen LogP contribution < -0.4 is 5.32 Å². The summed E-state index contributed by atoms with van der Waals surface area (Å²) in [5.41, 5.74) is 1.03. The molecule has 0 bridgehead atoms. The van der Waals surface area contributed by atoms with Gasteiger partial charge < -0.3 is 5.32 Å². The standard InChI is InChI=1S/C9H9N3O/c1-7-2-3-8(11-6-7)12-9(13)4-5-10/h2-3,6H,4H2,1H3,(H,11,12,13). The van der Waals surface area contributed by atoms with Crippen molar-refractivity contribution in [3.05, 3.63) is 23.9 Å². The number of carbonyl (C=O) groups is 1. The fourth-order valence-corrected chi connectivity index (χ4v) is 0.801. The third kappa shape index (κ3) is 2.91. The molecule has 0 aliphatic heterocycles. The quantitative estimate of drug-likeness (QED) is 0.735. The van der Waals surface area contributed by atoms with Crippen LogP contribution in [0.3, 0.4) is 0 Å². The highest BCUT2D eigenvalue weighted by Crippen LogP contribution is 2.03. The number of rotatable bonds is 2. The van der Waals surface area contributed by atoms with Crippen molar-refractivity contribution >= 4 is 11.7 Å². The number of aromatic nitrogens is 1. The largest absolute Gasteiger partial charge is 0.310 e. The number of nitriles is 1. The first-order chi connectivity index (χ1) is 6.22. The predicted octanol–water partition coefficient (Wildman–Crippen LogP) is 1.24. The monoisotopic (exact) mass is 175 g/mol. The van der Waals surface area contributed by atoms with Gasteiger partial charge in [0.25, 0.3) is 0 Å². The van der Waals surface area contributed by atoms with Crippen LogP contribution in [0, 0.1) is 18.3 Å². The predicted molar refractivity (Wildman–Crippen MR) is 47.8 cm³/mol. The Kier molecular flexibility index (Phi) is 2.98. The minimum absolute atomic E-state index is 0.143. The smallest absolute Gasteiger partial charge is 0.239 e. The van der Waals surface area contributed by atoms with Crippen LogP contribution in [0.1, 0.15) is 12.0 Å². The fourth-order valence-electron chi connectivity index (χ4n) is 0.801. The van der Waals surface area contributed by atoms with E-state index in [0.29, 0.717) is 5.82 Å². The molecule has 66 valence electrons. The van der Waals surface area contributed by atoms with Crippen molar-refractivity contribution in [2.45, 2.75) is 13.3 Å². The van der Waals surface area contributed by atoms with Gasteiger partial charge in [-0.15, -0.1) is 0 Å². The maximum Gasteiger partial charge on any atom is 0.239 e. The Morgan fingerprint density at radius 3 is 3.00 bits per heavy atom. The number of nitrogens with one attached hydrogen (secondary N) is 1.